The molecule has 0 aliphatic rings. The van der Waals surface area contributed by atoms with E-state index in [-0.39, 0.29) is 11.5 Å². The minimum absolute atomic E-state index is 0.257. The summed E-state index contributed by atoms with van der Waals surface area (Å²) in [5.41, 5.74) is 1.87. The molecule has 0 amide bonds. The van der Waals surface area contributed by atoms with Crippen molar-refractivity contribution < 1.29 is 14.3 Å². The van der Waals surface area contributed by atoms with E-state index in [2.05, 4.69) is 0 Å². The van der Waals surface area contributed by atoms with Gasteiger partial charge in [-0.3, -0.25) is 0 Å². The quantitative estimate of drug-likeness (QED) is 0.912. The molecule has 0 aliphatic carbocycles. The van der Waals surface area contributed by atoms with Crippen molar-refractivity contribution in [3.8, 4) is 11.3 Å². The van der Waals surface area contributed by atoms with Crippen LogP contribution in [0.25, 0.3) is 11.3 Å². The summed E-state index contributed by atoms with van der Waals surface area (Å²) in [6.45, 7) is 4.67. The van der Waals surface area contributed by atoms with Gasteiger partial charge in [-0.1, -0.05) is 13.8 Å². The summed E-state index contributed by atoms with van der Waals surface area (Å²) in [6.07, 6.45) is 0. The Morgan fingerprint density at radius 2 is 1.84 bits per heavy atom. The minimum atomic E-state index is -0.950. The second-order valence-electron chi connectivity index (χ2n) is 4.92. The summed E-state index contributed by atoms with van der Waals surface area (Å²) < 4.78 is 14.7. The Kier molecular flexibility index (Phi) is 3.69. The molecule has 100 valence electrons. The van der Waals surface area contributed by atoms with Crippen LogP contribution in [0.4, 0.5) is 4.39 Å². The number of aromatic carboxylic acids is 1. The van der Waals surface area contributed by atoms with Gasteiger partial charge in [0.15, 0.2) is 0 Å². The van der Waals surface area contributed by atoms with Crippen LogP contribution in [0.2, 0.25) is 0 Å². The van der Waals surface area contributed by atoms with Crippen LogP contribution in [0.5, 0.6) is 0 Å². The highest BCUT2D eigenvalue weighted by Gasteiger charge is 2.15. The molecule has 0 spiro atoms. The molecule has 2 rings (SSSR count). The number of aromatic nitrogens is 1. The molecule has 3 nitrogen and oxygen atoms in total. The van der Waals surface area contributed by atoms with Gasteiger partial charge in [0, 0.05) is 12.2 Å². The van der Waals surface area contributed by atoms with Crippen LogP contribution in [-0.2, 0) is 6.54 Å². The Balaban J connectivity index is 2.50. The van der Waals surface area contributed by atoms with E-state index >= 15 is 0 Å². The smallest absolute Gasteiger partial charge is 0.352 e. The van der Waals surface area contributed by atoms with E-state index in [0.29, 0.717) is 12.5 Å². The van der Waals surface area contributed by atoms with Crippen molar-refractivity contribution in [2.45, 2.75) is 20.4 Å². The summed E-state index contributed by atoms with van der Waals surface area (Å²) >= 11 is 0. The van der Waals surface area contributed by atoms with Crippen molar-refractivity contribution in [2.75, 3.05) is 0 Å². The lowest BCUT2D eigenvalue weighted by atomic mass is 10.1. The van der Waals surface area contributed by atoms with E-state index in [4.69, 9.17) is 0 Å². The van der Waals surface area contributed by atoms with E-state index in [1.165, 1.54) is 12.1 Å². The van der Waals surface area contributed by atoms with Gasteiger partial charge in [0.1, 0.15) is 11.5 Å². The third kappa shape index (κ3) is 2.84. The maximum Gasteiger partial charge on any atom is 0.352 e. The van der Waals surface area contributed by atoms with Gasteiger partial charge >= 0.3 is 5.97 Å². The van der Waals surface area contributed by atoms with E-state index < -0.39 is 5.97 Å². The zero-order valence-electron chi connectivity index (χ0n) is 10.9. The van der Waals surface area contributed by atoms with Crippen LogP contribution < -0.4 is 0 Å². The van der Waals surface area contributed by atoms with E-state index in [0.717, 1.165) is 11.3 Å². The molecule has 19 heavy (non-hydrogen) atoms. The zero-order valence-corrected chi connectivity index (χ0v) is 10.9. The van der Waals surface area contributed by atoms with E-state index in [9.17, 15) is 14.3 Å². The van der Waals surface area contributed by atoms with Gasteiger partial charge in [-0.25, -0.2) is 9.18 Å². The lowest BCUT2D eigenvalue weighted by Gasteiger charge is -2.14. The normalized spacial score (nSPS) is 10.9. The minimum Gasteiger partial charge on any atom is -0.477 e. The van der Waals surface area contributed by atoms with Crippen LogP contribution in [0.15, 0.2) is 36.4 Å². The molecule has 0 aliphatic heterocycles. The fourth-order valence-electron chi connectivity index (χ4n) is 2.09. The van der Waals surface area contributed by atoms with Crippen molar-refractivity contribution in [3.05, 3.63) is 47.9 Å². The molecule has 0 unspecified atom stereocenters. The second kappa shape index (κ2) is 5.26. The maximum absolute atomic E-state index is 12.9. The van der Waals surface area contributed by atoms with Gasteiger partial charge in [0.25, 0.3) is 0 Å². The van der Waals surface area contributed by atoms with Gasteiger partial charge in [-0.2, -0.15) is 0 Å². The molecule has 0 bridgehead atoms. The predicted molar refractivity (Wildman–Crippen MR) is 71.6 cm³/mol. The first kappa shape index (κ1) is 13.3. The molecule has 1 heterocycles. The average Bonchev–Trinajstić information content (AvgIpc) is 2.73. The zero-order chi connectivity index (χ0) is 14.0. The lowest BCUT2D eigenvalue weighted by Crippen LogP contribution is -2.13. The Morgan fingerprint density at radius 3 is 2.37 bits per heavy atom. The highest BCUT2D eigenvalue weighted by molar-refractivity contribution is 5.87. The van der Waals surface area contributed by atoms with Gasteiger partial charge < -0.3 is 9.67 Å². The molecule has 0 saturated heterocycles. The fraction of sp³-hybridized carbons (Fsp3) is 0.267. The Labute approximate surface area is 111 Å². The number of hydrogen-bond acceptors (Lipinski definition) is 1. The van der Waals surface area contributed by atoms with Crippen molar-refractivity contribution in [1.29, 1.82) is 0 Å². The molecule has 1 aromatic carbocycles. The summed E-state index contributed by atoms with van der Waals surface area (Å²) in [5.74, 6) is -0.928. The van der Waals surface area contributed by atoms with Crippen LogP contribution >= 0.6 is 0 Å². The number of carbonyl (C=O) groups is 1. The van der Waals surface area contributed by atoms with Crippen molar-refractivity contribution in [3.63, 3.8) is 0 Å². The largest absolute Gasteiger partial charge is 0.477 e. The molecule has 1 N–H and O–H groups in total. The van der Waals surface area contributed by atoms with Crippen LogP contribution in [0, 0.1) is 11.7 Å². The number of carboxylic acids is 1. The molecule has 2 aromatic rings. The van der Waals surface area contributed by atoms with E-state index in [1.54, 1.807) is 28.8 Å². The summed E-state index contributed by atoms with van der Waals surface area (Å²) in [7, 11) is 0. The van der Waals surface area contributed by atoms with Gasteiger partial charge in [-0.15, -0.1) is 0 Å². The summed E-state index contributed by atoms with van der Waals surface area (Å²) in [5, 5.41) is 9.20. The lowest BCUT2D eigenvalue weighted by molar-refractivity contribution is 0.0684. The maximum atomic E-state index is 12.9. The fourth-order valence-corrected chi connectivity index (χ4v) is 2.09. The highest BCUT2D eigenvalue weighted by atomic mass is 19.1. The molecule has 0 saturated carbocycles. The SMILES string of the molecule is CC(C)Cn1c(C(=O)O)ccc1-c1ccc(F)cc1. The summed E-state index contributed by atoms with van der Waals surface area (Å²) in [4.78, 5) is 11.2. The van der Waals surface area contributed by atoms with Crippen LogP contribution in [-0.4, -0.2) is 15.6 Å². The molecule has 4 heteroatoms. The summed E-state index contributed by atoms with van der Waals surface area (Å²) in [6, 6.07) is 9.42. The number of carboxylic acid groups (broad SMARTS) is 1. The number of hydrogen-bond donors (Lipinski definition) is 1. The second-order valence-corrected chi connectivity index (χ2v) is 4.92. The third-order valence-electron chi connectivity index (χ3n) is 2.89. The molecule has 0 radical (unpaired) electrons. The predicted octanol–water partition coefficient (Wildman–Crippen LogP) is 3.65. The van der Waals surface area contributed by atoms with Gasteiger partial charge in [0.05, 0.1) is 0 Å². The molecule has 0 atom stereocenters. The van der Waals surface area contributed by atoms with Crippen LogP contribution in [0.3, 0.4) is 0 Å². The average molecular weight is 261 g/mol. The van der Waals surface area contributed by atoms with Crippen LogP contribution in [0.1, 0.15) is 24.3 Å². The van der Waals surface area contributed by atoms with Crippen molar-refractivity contribution in [2.24, 2.45) is 5.92 Å². The Morgan fingerprint density at radius 1 is 1.21 bits per heavy atom. The van der Waals surface area contributed by atoms with Gasteiger partial charge in [-0.05, 0) is 47.9 Å². The van der Waals surface area contributed by atoms with Crippen molar-refractivity contribution >= 4 is 5.97 Å². The highest BCUT2D eigenvalue weighted by Crippen LogP contribution is 2.24. The van der Waals surface area contributed by atoms with Crippen molar-refractivity contribution in [1.82, 2.24) is 4.57 Å². The number of benzene rings is 1. The first-order valence-corrected chi connectivity index (χ1v) is 6.18. The molecular weight excluding hydrogens is 245 g/mol. The number of halogens is 1. The molecule has 0 fully saturated rings. The van der Waals surface area contributed by atoms with E-state index in [1.807, 2.05) is 13.8 Å². The topological polar surface area (TPSA) is 42.2 Å². The third-order valence-corrected chi connectivity index (χ3v) is 2.89. The van der Waals surface area contributed by atoms with Gasteiger partial charge in [0.2, 0.25) is 0 Å². The molecular formula is C15H16FNO2. The first-order valence-electron chi connectivity index (χ1n) is 6.18. The Bertz CT molecular complexity index is 585. The first-order chi connectivity index (χ1) is 8.99. The number of nitrogens with zero attached hydrogens (tertiary/aromatic N) is 1. The number of rotatable bonds is 4. The monoisotopic (exact) mass is 261 g/mol. The molecule has 1 aromatic heterocycles. The Hall–Kier alpha value is -2.10. The standard InChI is InChI=1S/C15H16FNO2/c1-10(2)9-17-13(7-8-14(17)15(18)19)11-3-5-12(16)6-4-11/h3-8,10H,9H2,1-2H3,(H,18,19).